The van der Waals surface area contributed by atoms with Gasteiger partial charge in [-0.2, -0.15) is 12.6 Å². The fourth-order valence-electron chi connectivity index (χ4n) is 2.38. The molecule has 1 atom stereocenters. The van der Waals surface area contributed by atoms with Crippen molar-refractivity contribution >= 4 is 18.6 Å². The third-order valence-corrected chi connectivity index (χ3v) is 4.58. The van der Waals surface area contributed by atoms with Crippen LogP contribution in [0.3, 0.4) is 0 Å². The molecule has 0 N–H and O–H groups in total. The fourth-order valence-corrected chi connectivity index (χ4v) is 2.63. The van der Waals surface area contributed by atoms with Gasteiger partial charge in [-0.1, -0.05) is 68.4 Å². The second-order valence-electron chi connectivity index (χ2n) is 6.70. The molecule has 0 heterocycles. The van der Waals surface area contributed by atoms with Crippen LogP contribution < -0.4 is 0 Å². The molecular formula is C24H40O3S. The number of allylic oxidation sites excluding steroid dienone is 8. The highest BCUT2D eigenvalue weighted by atomic mass is 32.1. The molecule has 1 unspecified atom stereocenters. The Morgan fingerprint density at radius 2 is 1.39 bits per heavy atom. The Bertz CT molecular complexity index is 462. The third kappa shape index (κ3) is 19.5. The summed E-state index contributed by atoms with van der Waals surface area (Å²) in [6.45, 7) is 2.52. The lowest BCUT2D eigenvalue weighted by Gasteiger charge is -2.12. The van der Waals surface area contributed by atoms with Crippen LogP contribution in [-0.4, -0.2) is 31.5 Å². The Morgan fingerprint density at radius 1 is 0.857 bits per heavy atom. The minimum Gasteiger partial charge on any atom is -0.463 e. The fraction of sp³-hybridized carbons (Fsp3) is 0.625. The highest BCUT2D eigenvalue weighted by Gasteiger charge is 2.08. The van der Waals surface area contributed by atoms with Crippen molar-refractivity contribution in [3.05, 3.63) is 48.6 Å². The summed E-state index contributed by atoms with van der Waals surface area (Å²) in [6, 6.07) is 0. The summed E-state index contributed by atoms with van der Waals surface area (Å²) in [4.78, 5) is 11.6. The molecule has 0 rings (SSSR count). The number of unbranched alkanes of at least 4 members (excludes halogenated alkanes) is 4. The third-order valence-electron chi connectivity index (χ3n) is 4.18. The number of methoxy groups -OCH3 is 1. The highest BCUT2D eigenvalue weighted by Crippen LogP contribution is 2.03. The average molecular weight is 409 g/mol. The zero-order valence-electron chi connectivity index (χ0n) is 17.9. The van der Waals surface area contributed by atoms with E-state index in [-0.39, 0.29) is 18.7 Å². The summed E-state index contributed by atoms with van der Waals surface area (Å²) in [5.74, 6) is 0.381. The van der Waals surface area contributed by atoms with Crippen molar-refractivity contribution in [2.75, 3.05) is 19.5 Å². The molecule has 0 saturated carbocycles. The molecule has 0 aliphatic rings. The van der Waals surface area contributed by atoms with Gasteiger partial charge >= 0.3 is 5.97 Å². The van der Waals surface area contributed by atoms with Crippen LogP contribution in [0.2, 0.25) is 0 Å². The van der Waals surface area contributed by atoms with Crippen molar-refractivity contribution < 1.29 is 14.3 Å². The van der Waals surface area contributed by atoms with Crippen molar-refractivity contribution in [1.82, 2.24) is 0 Å². The minimum absolute atomic E-state index is 0.124. The van der Waals surface area contributed by atoms with E-state index in [1.807, 2.05) is 0 Å². The number of carbonyl (C=O) groups excluding carboxylic acids is 1. The van der Waals surface area contributed by atoms with Crippen molar-refractivity contribution in [3.63, 3.8) is 0 Å². The maximum absolute atomic E-state index is 11.6. The lowest BCUT2D eigenvalue weighted by Crippen LogP contribution is -2.22. The van der Waals surface area contributed by atoms with Crippen LogP contribution in [0.1, 0.15) is 71.1 Å². The van der Waals surface area contributed by atoms with Crippen molar-refractivity contribution in [2.45, 2.75) is 77.2 Å². The molecule has 0 fully saturated rings. The van der Waals surface area contributed by atoms with Crippen LogP contribution in [0, 0.1) is 0 Å². The Labute approximate surface area is 178 Å². The normalized spacial score (nSPS) is 13.4. The average Bonchev–Trinajstić information content (AvgIpc) is 2.71. The molecule has 0 aromatic carbocycles. The van der Waals surface area contributed by atoms with Gasteiger partial charge < -0.3 is 9.47 Å². The van der Waals surface area contributed by atoms with Crippen LogP contribution in [0.15, 0.2) is 48.6 Å². The number of hydrogen-bond donors (Lipinski definition) is 1. The van der Waals surface area contributed by atoms with Crippen LogP contribution in [0.25, 0.3) is 0 Å². The Morgan fingerprint density at radius 3 is 1.89 bits per heavy atom. The number of ether oxygens (including phenoxy) is 2. The van der Waals surface area contributed by atoms with E-state index in [1.54, 1.807) is 7.11 Å². The van der Waals surface area contributed by atoms with Gasteiger partial charge in [0.2, 0.25) is 0 Å². The van der Waals surface area contributed by atoms with Gasteiger partial charge in [0, 0.05) is 19.3 Å². The maximum Gasteiger partial charge on any atom is 0.305 e. The SMILES string of the molecule is CCCCC/C=C\C/C=C\C/C=C\C/C=C\CCCC(=O)OCC(CS)OC. The second-order valence-corrected chi connectivity index (χ2v) is 7.07. The molecule has 160 valence electrons. The van der Waals surface area contributed by atoms with Crippen molar-refractivity contribution in [3.8, 4) is 0 Å². The Kier molecular flexibility index (Phi) is 21.0. The van der Waals surface area contributed by atoms with Gasteiger partial charge in [-0.15, -0.1) is 0 Å². The molecule has 0 radical (unpaired) electrons. The van der Waals surface area contributed by atoms with Crippen LogP contribution in [-0.2, 0) is 14.3 Å². The first-order chi connectivity index (χ1) is 13.7. The Hall–Kier alpha value is -1.26. The van der Waals surface area contributed by atoms with Gasteiger partial charge in [-0.3, -0.25) is 4.79 Å². The molecule has 0 saturated heterocycles. The van der Waals surface area contributed by atoms with Crippen LogP contribution in [0.5, 0.6) is 0 Å². The topological polar surface area (TPSA) is 35.5 Å². The molecule has 0 amide bonds. The molecule has 0 aromatic rings. The lowest BCUT2D eigenvalue weighted by atomic mass is 10.2. The molecule has 0 aliphatic heterocycles. The quantitative estimate of drug-likeness (QED) is 0.120. The van der Waals surface area contributed by atoms with E-state index in [0.717, 1.165) is 32.1 Å². The summed E-state index contributed by atoms with van der Waals surface area (Å²) < 4.78 is 10.3. The first-order valence-electron chi connectivity index (χ1n) is 10.6. The van der Waals surface area contributed by atoms with E-state index in [4.69, 9.17) is 9.47 Å². The second kappa shape index (κ2) is 22.0. The highest BCUT2D eigenvalue weighted by molar-refractivity contribution is 7.80. The predicted octanol–water partition coefficient (Wildman–Crippen LogP) is 6.62. The molecule has 0 aliphatic carbocycles. The number of esters is 1. The number of carbonyl (C=O) groups is 1. The summed E-state index contributed by atoms with van der Waals surface area (Å²) >= 11 is 4.13. The molecule has 28 heavy (non-hydrogen) atoms. The van der Waals surface area contributed by atoms with Gasteiger partial charge in [0.1, 0.15) is 6.61 Å². The number of rotatable bonds is 18. The van der Waals surface area contributed by atoms with E-state index < -0.39 is 0 Å². The first kappa shape index (κ1) is 26.7. The largest absolute Gasteiger partial charge is 0.463 e. The van der Waals surface area contributed by atoms with E-state index in [1.165, 1.54) is 25.7 Å². The first-order valence-corrected chi connectivity index (χ1v) is 11.3. The van der Waals surface area contributed by atoms with E-state index in [2.05, 4.69) is 68.2 Å². The zero-order valence-corrected chi connectivity index (χ0v) is 18.7. The molecule has 0 bridgehead atoms. The van der Waals surface area contributed by atoms with Gasteiger partial charge in [0.05, 0.1) is 6.10 Å². The summed E-state index contributed by atoms with van der Waals surface area (Å²) in [5, 5.41) is 0. The lowest BCUT2D eigenvalue weighted by molar-refractivity contribution is -0.146. The van der Waals surface area contributed by atoms with E-state index in [0.29, 0.717) is 12.2 Å². The van der Waals surface area contributed by atoms with Crippen molar-refractivity contribution in [2.24, 2.45) is 0 Å². The van der Waals surface area contributed by atoms with E-state index in [9.17, 15) is 4.79 Å². The maximum atomic E-state index is 11.6. The summed E-state index contributed by atoms with van der Waals surface area (Å²) in [7, 11) is 1.60. The van der Waals surface area contributed by atoms with Gasteiger partial charge in [0.25, 0.3) is 0 Å². The molecule has 4 heteroatoms. The summed E-state index contributed by atoms with van der Waals surface area (Å²) in [6.07, 6.45) is 27.7. The smallest absolute Gasteiger partial charge is 0.305 e. The van der Waals surface area contributed by atoms with E-state index >= 15 is 0 Å². The van der Waals surface area contributed by atoms with Crippen molar-refractivity contribution in [1.29, 1.82) is 0 Å². The van der Waals surface area contributed by atoms with Gasteiger partial charge in [-0.05, 0) is 44.9 Å². The monoisotopic (exact) mass is 408 g/mol. The van der Waals surface area contributed by atoms with Crippen LogP contribution in [0.4, 0.5) is 0 Å². The van der Waals surface area contributed by atoms with Gasteiger partial charge in [0.15, 0.2) is 0 Å². The van der Waals surface area contributed by atoms with Gasteiger partial charge in [-0.25, -0.2) is 0 Å². The molecule has 3 nitrogen and oxygen atoms in total. The summed E-state index contributed by atoms with van der Waals surface area (Å²) in [5.41, 5.74) is 0. The number of hydrogen-bond acceptors (Lipinski definition) is 4. The van der Waals surface area contributed by atoms with Crippen LogP contribution >= 0.6 is 12.6 Å². The predicted molar refractivity (Wildman–Crippen MR) is 124 cm³/mol. The Balaban J connectivity index is 3.53. The zero-order chi connectivity index (χ0) is 20.7. The number of thiol groups is 1. The molecule has 0 aromatic heterocycles. The minimum atomic E-state index is -0.167. The molecular weight excluding hydrogens is 368 g/mol. The standard InChI is InChI=1S/C24H40O3S/c1-3-4-5-6-7-8-9-10-11-12-13-14-15-16-17-18-19-20-24(25)27-21-23(22-28)26-2/h7-8,10-11,13-14,16-17,23,28H,3-6,9,12,15,18-22H2,1-2H3/b8-7-,11-10-,14-13-,17-16-. The molecule has 0 spiro atoms.